The Labute approximate surface area is 169 Å². The van der Waals surface area contributed by atoms with Gasteiger partial charge in [-0.25, -0.2) is 4.39 Å². The van der Waals surface area contributed by atoms with E-state index in [-0.39, 0.29) is 24.8 Å². The van der Waals surface area contributed by atoms with Crippen LogP contribution in [-0.2, 0) is 20.7 Å². The SMILES string of the molecule is COc1ccc(N2CCN(C(=O)COC(=O)CCc3ccc(F)cc3)CC2)cc1. The van der Waals surface area contributed by atoms with E-state index in [0.29, 0.717) is 19.5 Å². The van der Waals surface area contributed by atoms with E-state index >= 15 is 0 Å². The first-order valence-corrected chi connectivity index (χ1v) is 9.62. The number of benzene rings is 2. The van der Waals surface area contributed by atoms with E-state index in [1.165, 1.54) is 12.1 Å². The number of aryl methyl sites for hydroxylation is 1. The molecule has 6 nitrogen and oxygen atoms in total. The van der Waals surface area contributed by atoms with Crippen molar-refractivity contribution in [3.63, 3.8) is 0 Å². The molecule has 0 unspecified atom stereocenters. The van der Waals surface area contributed by atoms with Gasteiger partial charge in [-0.3, -0.25) is 9.59 Å². The van der Waals surface area contributed by atoms with Crippen LogP contribution >= 0.6 is 0 Å². The molecule has 2 aromatic rings. The highest BCUT2D eigenvalue weighted by Crippen LogP contribution is 2.20. The summed E-state index contributed by atoms with van der Waals surface area (Å²) in [6.45, 7) is 2.36. The Kier molecular flexibility index (Phi) is 7.05. The molecule has 0 aromatic heterocycles. The van der Waals surface area contributed by atoms with Crippen LogP contribution in [0.25, 0.3) is 0 Å². The highest BCUT2D eigenvalue weighted by molar-refractivity contribution is 5.81. The van der Waals surface area contributed by atoms with E-state index in [2.05, 4.69) is 4.90 Å². The maximum Gasteiger partial charge on any atom is 0.306 e. The summed E-state index contributed by atoms with van der Waals surface area (Å²) in [5.74, 6) is -0.119. The highest BCUT2D eigenvalue weighted by Gasteiger charge is 2.22. The first kappa shape index (κ1) is 20.6. The number of methoxy groups -OCH3 is 1. The van der Waals surface area contributed by atoms with Crippen molar-refractivity contribution in [1.82, 2.24) is 4.90 Å². The van der Waals surface area contributed by atoms with E-state index in [9.17, 15) is 14.0 Å². The van der Waals surface area contributed by atoms with Gasteiger partial charge in [0.15, 0.2) is 6.61 Å². The topological polar surface area (TPSA) is 59.1 Å². The second-order valence-corrected chi connectivity index (χ2v) is 6.85. The van der Waals surface area contributed by atoms with Crippen molar-refractivity contribution in [3.05, 3.63) is 59.9 Å². The summed E-state index contributed by atoms with van der Waals surface area (Å²) >= 11 is 0. The molecule has 1 amide bonds. The summed E-state index contributed by atoms with van der Waals surface area (Å²) < 4.78 is 23.2. The Balaban J connectivity index is 1.37. The predicted molar refractivity (Wildman–Crippen MR) is 107 cm³/mol. The van der Waals surface area contributed by atoms with Crippen molar-refractivity contribution < 1.29 is 23.5 Å². The molecule has 0 saturated carbocycles. The number of rotatable bonds is 7. The summed E-state index contributed by atoms with van der Waals surface area (Å²) in [5.41, 5.74) is 1.94. The van der Waals surface area contributed by atoms with E-state index < -0.39 is 5.97 Å². The molecule has 0 bridgehead atoms. The van der Waals surface area contributed by atoms with Crippen LogP contribution < -0.4 is 9.64 Å². The lowest BCUT2D eigenvalue weighted by atomic mass is 10.1. The fourth-order valence-corrected chi connectivity index (χ4v) is 3.21. The first-order chi connectivity index (χ1) is 14.0. The van der Waals surface area contributed by atoms with Crippen LogP contribution in [0, 0.1) is 5.82 Å². The fraction of sp³-hybridized carbons (Fsp3) is 0.364. The molecule has 1 fully saturated rings. The zero-order chi connectivity index (χ0) is 20.6. The van der Waals surface area contributed by atoms with Gasteiger partial charge in [-0.2, -0.15) is 0 Å². The van der Waals surface area contributed by atoms with Crippen LogP contribution in [0.4, 0.5) is 10.1 Å². The second kappa shape index (κ2) is 9.91. The van der Waals surface area contributed by atoms with Crippen molar-refractivity contribution in [3.8, 4) is 5.75 Å². The van der Waals surface area contributed by atoms with Gasteiger partial charge in [0.1, 0.15) is 11.6 Å². The number of esters is 1. The van der Waals surface area contributed by atoms with Crippen LogP contribution in [0.15, 0.2) is 48.5 Å². The van der Waals surface area contributed by atoms with Gasteiger partial charge in [0.25, 0.3) is 5.91 Å². The van der Waals surface area contributed by atoms with Gasteiger partial charge < -0.3 is 19.3 Å². The maximum absolute atomic E-state index is 12.9. The van der Waals surface area contributed by atoms with Gasteiger partial charge >= 0.3 is 5.97 Å². The van der Waals surface area contributed by atoms with E-state index in [1.807, 2.05) is 24.3 Å². The van der Waals surface area contributed by atoms with Crippen molar-refractivity contribution >= 4 is 17.6 Å². The van der Waals surface area contributed by atoms with Crippen molar-refractivity contribution in [1.29, 1.82) is 0 Å². The molecule has 1 saturated heterocycles. The molecular formula is C22H25FN2O4. The summed E-state index contributed by atoms with van der Waals surface area (Å²) in [6.07, 6.45) is 0.609. The number of nitrogens with zero attached hydrogens (tertiary/aromatic N) is 2. The zero-order valence-corrected chi connectivity index (χ0v) is 16.5. The summed E-state index contributed by atoms with van der Waals surface area (Å²) in [4.78, 5) is 28.1. The Morgan fingerprint density at radius 1 is 0.966 bits per heavy atom. The lowest BCUT2D eigenvalue weighted by Crippen LogP contribution is -2.49. The van der Waals surface area contributed by atoms with Crippen molar-refractivity contribution in [2.75, 3.05) is 44.8 Å². The largest absolute Gasteiger partial charge is 0.497 e. The number of hydrogen-bond acceptors (Lipinski definition) is 5. The number of anilines is 1. The molecule has 1 heterocycles. The number of carbonyl (C=O) groups excluding carboxylic acids is 2. The normalized spacial score (nSPS) is 13.9. The van der Waals surface area contributed by atoms with Crippen LogP contribution in [0.5, 0.6) is 5.75 Å². The Morgan fingerprint density at radius 2 is 1.62 bits per heavy atom. The summed E-state index contributed by atoms with van der Waals surface area (Å²) in [6, 6.07) is 13.8. The molecule has 0 aliphatic carbocycles. The number of carbonyl (C=O) groups is 2. The molecule has 29 heavy (non-hydrogen) atoms. The number of piperazine rings is 1. The number of hydrogen-bond donors (Lipinski definition) is 0. The van der Waals surface area contributed by atoms with E-state index in [4.69, 9.17) is 9.47 Å². The van der Waals surface area contributed by atoms with Gasteiger partial charge in [0.05, 0.1) is 7.11 Å². The standard InChI is InChI=1S/C22H25FN2O4/c1-28-20-9-7-19(8-10-20)24-12-14-25(15-13-24)21(26)16-29-22(27)11-4-17-2-5-18(23)6-3-17/h2-3,5-10H,4,11-16H2,1H3. The van der Waals surface area contributed by atoms with Crippen LogP contribution in [0.3, 0.4) is 0 Å². The number of amides is 1. The minimum Gasteiger partial charge on any atom is -0.497 e. The molecule has 0 N–H and O–H groups in total. The van der Waals surface area contributed by atoms with Gasteiger partial charge in [0.2, 0.25) is 0 Å². The zero-order valence-electron chi connectivity index (χ0n) is 16.5. The molecule has 7 heteroatoms. The quantitative estimate of drug-likeness (QED) is 0.669. The Bertz CT molecular complexity index is 816. The molecule has 154 valence electrons. The molecule has 1 aliphatic rings. The van der Waals surface area contributed by atoms with Gasteiger partial charge in [-0.15, -0.1) is 0 Å². The molecule has 0 atom stereocenters. The Morgan fingerprint density at radius 3 is 2.24 bits per heavy atom. The second-order valence-electron chi connectivity index (χ2n) is 6.85. The van der Waals surface area contributed by atoms with Crippen molar-refractivity contribution in [2.45, 2.75) is 12.8 Å². The van der Waals surface area contributed by atoms with Crippen LogP contribution in [-0.4, -0.2) is 56.7 Å². The summed E-state index contributed by atoms with van der Waals surface area (Å²) in [5, 5.41) is 0. The Hall–Kier alpha value is -3.09. The van der Waals surface area contributed by atoms with Gasteiger partial charge in [0, 0.05) is 38.3 Å². The molecular weight excluding hydrogens is 375 g/mol. The number of halogens is 1. The average Bonchev–Trinajstić information content (AvgIpc) is 2.77. The van der Waals surface area contributed by atoms with Crippen LogP contribution in [0.1, 0.15) is 12.0 Å². The monoisotopic (exact) mass is 400 g/mol. The molecule has 0 radical (unpaired) electrons. The smallest absolute Gasteiger partial charge is 0.306 e. The molecule has 0 spiro atoms. The molecule has 3 rings (SSSR count). The average molecular weight is 400 g/mol. The molecule has 1 aliphatic heterocycles. The highest BCUT2D eigenvalue weighted by atomic mass is 19.1. The predicted octanol–water partition coefficient (Wildman–Crippen LogP) is 2.66. The first-order valence-electron chi connectivity index (χ1n) is 9.62. The van der Waals surface area contributed by atoms with Crippen LogP contribution in [0.2, 0.25) is 0 Å². The lowest BCUT2D eigenvalue weighted by Gasteiger charge is -2.36. The fourth-order valence-electron chi connectivity index (χ4n) is 3.21. The molecule has 2 aromatic carbocycles. The van der Waals surface area contributed by atoms with E-state index in [1.54, 1.807) is 24.1 Å². The third-order valence-electron chi connectivity index (χ3n) is 4.96. The van der Waals surface area contributed by atoms with Gasteiger partial charge in [-0.05, 0) is 48.4 Å². The number of ether oxygens (including phenoxy) is 2. The third kappa shape index (κ3) is 5.94. The van der Waals surface area contributed by atoms with Gasteiger partial charge in [-0.1, -0.05) is 12.1 Å². The maximum atomic E-state index is 12.9. The van der Waals surface area contributed by atoms with E-state index in [0.717, 1.165) is 30.1 Å². The lowest BCUT2D eigenvalue weighted by molar-refractivity contribution is -0.152. The van der Waals surface area contributed by atoms with Crippen molar-refractivity contribution in [2.24, 2.45) is 0 Å². The minimum absolute atomic E-state index is 0.157. The third-order valence-corrected chi connectivity index (χ3v) is 4.96. The summed E-state index contributed by atoms with van der Waals surface area (Å²) in [7, 11) is 1.63. The minimum atomic E-state index is -0.431.